The van der Waals surface area contributed by atoms with Crippen LogP contribution < -0.4 is 0 Å². The number of aromatic hydroxyl groups is 1. The monoisotopic (exact) mass is 357 g/mol. The van der Waals surface area contributed by atoms with Gasteiger partial charge in [-0.15, -0.1) is 0 Å². The largest absolute Gasteiger partial charge is 0.508 e. The molecule has 4 rings (SSSR count). The third-order valence-corrected chi connectivity index (χ3v) is 7.04. The average molecular weight is 357 g/mol. The van der Waals surface area contributed by atoms with Crippen molar-refractivity contribution in [3.8, 4) is 5.75 Å². The Morgan fingerprint density at radius 3 is 2.27 bits per heavy atom. The van der Waals surface area contributed by atoms with Crippen molar-refractivity contribution < 1.29 is 15.0 Å². The van der Waals surface area contributed by atoms with Gasteiger partial charge in [0, 0.05) is 13.1 Å². The molecule has 1 aromatic carbocycles. The van der Waals surface area contributed by atoms with Gasteiger partial charge in [-0.2, -0.15) is 0 Å². The minimum absolute atomic E-state index is 0.226. The van der Waals surface area contributed by atoms with Crippen molar-refractivity contribution in [2.24, 2.45) is 17.8 Å². The average Bonchev–Trinajstić information content (AvgIpc) is 3.12. The van der Waals surface area contributed by atoms with E-state index in [1.165, 1.54) is 32.1 Å². The van der Waals surface area contributed by atoms with Crippen LogP contribution in [0.2, 0.25) is 0 Å². The lowest BCUT2D eigenvalue weighted by Gasteiger charge is -2.32. The zero-order valence-electron chi connectivity index (χ0n) is 15.5. The van der Waals surface area contributed by atoms with Crippen LogP contribution in [0.15, 0.2) is 24.3 Å². The van der Waals surface area contributed by atoms with Crippen LogP contribution in [0.4, 0.5) is 0 Å². The fraction of sp³-hybridized carbons (Fsp3) is 0.682. The molecule has 0 bridgehead atoms. The first-order valence-electron chi connectivity index (χ1n) is 10.3. The summed E-state index contributed by atoms with van der Waals surface area (Å²) in [6.45, 7) is 1.78. The number of aliphatic hydroxyl groups is 1. The van der Waals surface area contributed by atoms with Gasteiger partial charge in [0.2, 0.25) is 0 Å². The summed E-state index contributed by atoms with van der Waals surface area (Å²) in [5.41, 5.74) is 0.466. The summed E-state index contributed by atoms with van der Waals surface area (Å²) in [6.07, 6.45) is 10.4. The van der Waals surface area contributed by atoms with E-state index in [0.717, 1.165) is 44.2 Å². The Bertz CT molecular complexity index is 609. The lowest BCUT2D eigenvalue weighted by atomic mass is 9.79. The van der Waals surface area contributed by atoms with Gasteiger partial charge in [0.25, 0.3) is 0 Å². The second-order valence-electron chi connectivity index (χ2n) is 8.99. The minimum atomic E-state index is -0.474. The summed E-state index contributed by atoms with van der Waals surface area (Å²) in [7, 11) is 0. The summed E-state index contributed by atoms with van der Waals surface area (Å²) in [5, 5.41) is 20.6. The molecule has 26 heavy (non-hydrogen) atoms. The maximum Gasteiger partial charge on any atom is 0.141 e. The molecule has 0 amide bonds. The van der Waals surface area contributed by atoms with E-state index in [-0.39, 0.29) is 11.8 Å². The Labute approximate surface area is 156 Å². The molecule has 1 aromatic rings. The maximum absolute atomic E-state index is 11.7. The van der Waals surface area contributed by atoms with Crippen LogP contribution in [-0.2, 0) is 4.79 Å². The Balaban J connectivity index is 1.37. The van der Waals surface area contributed by atoms with E-state index >= 15 is 0 Å². The molecule has 1 heterocycles. The zero-order chi connectivity index (χ0) is 18.1. The molecular weight excluding hydrogens is 326 g/mol. The lowest BCUT2D eigenvalue weighted by molar-refractivity contribution is -0.112. The molecule has 2 saturated carbocycles. The SMILES string of the molecule is O=CC(c1ccc(O)cc1)N1C[C@@H]2CC(O)(CC3CCCCC3)C[C@@H]2C1. The second kappa shape index (κ2) is 7.32. The molecule has 2 N–H and O–H groups in total. The van der Waals surface area contributed by atoms with Crippen molar-refractivity contribution in [2.45, 2.75) is 63.0 Å². The molecule has 4 atom stereocenters. The fourth-order valence-corrected chi connectivity index (χ4v) is 5.87. The summed E-state index contributed by atoms with van der Waals surface area (Å²) >= 11 is 0. The van der Waals surface area contributed by atoms with Crippen LogP contribution in [0, 0.1) is 17.8 Å². The number of carbonyl (C=O) groups is 1. The van der Waals surface area contributed by atoms with E-state index in [1.54, 1.807) is 12.1 Å². The molecule has 2 aliphatic carbocycles. The summed E-state index contributed by atoms with van der Waals surface area (Å²) in [6, 6.07) is 6.72. The van der Waals surface area contributed by atoms with Gasteiger partial charge in [0.1, 0.15) is 12.0 Å². The van der Waals surface area contributed by atoms with Crippen LogP contribution in [0.3, 0.4) is 0 Å². The standard InChI is InChI=1S/C22H31NO3/c24-15-21(17-6-8-20(25)9-7-17)23-13-18-11-22(26,12-19(18)14-23)10-16-4-2-1-3-5-16/h6-9,15-16,18-19,21,25-26H,1-5,10-14H2/t18-,19+,21?,22?. The number of nitrogens with zero attached hydrogens (tertiary/aromatic N) is 1. The van der Waals surface area contributed by atoms with Crippen molar-refractivity contribution in [1.82, 2.24) is 4.90 Å². The smallest absolute Gasteiger partial charge is 0.141 e. The Kier molecular flexibility index (Phi) is 5.07. The van der Waals surface area contributed by atoms with Crippen LogP contribution in [0.25, 0.3) is 0 Å². The second-order valence-corrected chi connectivity index (χ2v) is 8.99. The first-order valence-corrected chi connectivity index (χ1v) is 10.3. The van der Waals surface area contributed by atoms with E-state index in [4.69, 9.17) is 0 Å². The highest BCUT2D eigenvalue weighted by Gasteiger charge is 2.49. The predicted molar refractivity (Wildman–Crippen MR) is 101 cm³/mol. The molecular formula is C22H31NO3. The molecule has 1 aliphatic heterocycles. The first-order chi connectivity index (χ1) is 12.6. The van der Waals surface area contributed by atoms with Crippen molar-refractivity contribution in [1.29, 1.82) is 0 Å². The topological polar surface area (TPSA) is 60.8 Å². The van der Waals surface area contributed by atoms with Crippen molar-refractivity contribution >= 4 is 6.29 Å². The number of aldehydes is 1. The van der Waals surface area contributed by atoms with Gasteiger partial charge in [-0.25, -0.2) is 0 Å². The van der Waals surface area contributed by atoms with Gasteiger partial charge in [0.15, 0.2) is 0 Å². The summed E-state index contributed by atoms with van der Waals surface area (Å²) < 4.78 is 0. The maximum atomic E-state index is 11.7. The zero-order valence-corrected chi connectivity index (χ0v) is 15.5. The van der Waals surface area contributed by atoms with Crippen molar-refractivity contribution in [3.05, 3.63) is 29.8 Å². The Hall–Kier alpha value is -1.39. The van der Waals surface area contributed by atoms with E-state index < -0.39 is 5.60 Å². The number of phenolic OH excluding ortho intramolecular Hbond substituents is 1. The number of fused-ring (bicyclic) bond motifs is 1. The molecule has 0 aromatic heterocycles. The van der Waals surface area contributed by atoms with Crippen molar-refractivity contribution in [2.75, 3.05) is 13.1 Å². The summed E-state index contributed by atoms with van der Waals surface area (Å²) in [5.74, 6) is 1.94. The van der Waals surface area contributed by atoms with E-state index in [1.807, 2.05) is 12.1 Å². The normalized spacial score (nSPS) is 33.9. The molecule has 4 nitrogen and oxygen atoms in total. The van der Waals surface area contributed by atoms with Gasteiger partial charge in [0.05, 0.1) is 11.6 Å². The number of rotatable bonds is 5. The van der Waals surface area contributed by atoms with Crippen LogP contribution >= 0.6 is 0 Å². The van der Waals surface area contributed by atoms with Gasteiger partial charge in [-0.1, -0.05) is 44.2 Å². The molecule has 142 valence electrons. The van der Waals surface area contributed by atoms with Gasteiger partial charge in [-0.05, 0) is 54.7 Å². The highest BCUT2D eigenvalue weighted by atomic mass is 16.3. The fourth-order valence-electron chi connectivity index (χ4n) is 5.87. The number of likely N-dealkylation sites (tertiary alicyclic amines) is 1. The van der Waals surface area contributed by atoms with Crippen LogP contribution in [0.5, 0.6) is 5.75 Å². The quantitative estimate of drug-likeness (QED) is 0.789. The molecule has 4 heteroatoms. The van der Waals surface area contributed by atoms with Crippen LogP contribution in [-0.4, -0.2) is 40.1 Å². The Morgan fingerprint density at radius 1 is 1.08 bits per heavy atom. The predicted octanol–water partition coefficient (Wildman–Crippen LogP) is 3.68. The van der Waals surface area contributed by atoms with E-state index in [0.29, 0.717) is 17.8 Å². The van der Waals surface area contributed by atoms with E-state index in [9.17, 15) is 15.0 Å². The Morgan fingerprint density at radius 2 is 1.69 bits per heavy atom. The molecule has 3 aliphatic rings. The highest BCUT2D eigenvalue weighted by Crippen LogP contribution is 2.49. The van der Waals surface area contributed by atoms with Gasteiger partial charge in [-0.3, -0.25) is 4.90 Å². The van der Waals surface area contributed by atoms with Crippen LogP contribution in [0.1, 0.15) is 63.0 Å². The number of carbonyl (C=O) groups excluding carboxylic acids is 1. The number of hydrogen-bond donors (Lipinski definition) is 2. The summed E-state index contributed by atoms with van der Waals surface area (Å²) in [4.78, 5) is 14.0. The third-order valence-electron chi connectivity index (χ3n) is 7.04. The van der Waals surface area contributed by atoms with Gasteiger partial charge < -0.3 is 15.0 Å². The minimum Gasteiger partial charge on any atom is -0.508 e. The lowest BCUT2D eigenvalue weighted by Crippen LogP contribution is -2.34. The third kappa shape index (κ3) is 3.67. The first kappa shape index (κ1) is 18.0. The van der Waals surface area contributed by atoms with Crippen molar-refractivity contribution in [3.63, 3.8) is 0 Å². The number of benzene rings is 1. The molecule has 1 saturated heterocycles. The highest BCUT2D eigenvalue weighted by molar-refractivity contribution is 5.61. The van der Waals surface area contributed by atoms with E-state index in [2.05, 4.69) is 4.90 Å². The molecule has 0 spiro atoms. The molecule has 0 radical (unpaired) electrons. The molecule has 2 unspecified atom stereocenters. The number of phenols is 1. The number of hydrogen-bond acceptors (Lipinski definition) is 4. The van der Waals surface area contributed by atoms with Gasteiger partial charge >= 0.3 is 0 Å². The molecule has 3 fully saturated rings.